The Morgan fingerprint density at radius 3 is 2.42 bits per heavy atom. The lowest BCUT2D eigenvalue weighted by atomic mass is 10.3. The molecule has 0 saturated heterocycles. The fourth-order valence-corrected chi connectivity index (χ4v) is 3.66. The largest absolute Gasteiger partial charge is 0.294 e. The minimum absolute atomic E-state index is 0.125. The first-order valence-electron chi connectivity index (χ1n) is 5.46. The Morgan fingerprint density at radius 1 is 1.26 bits per heavy atom. The van der Waals surface area contributed by atoms with E-state index < -0.39 is 10.0 Å². The van der Waals surface area contributed by atoms with Crippen molar-refractivity contribution >= 4 is 32.3 Å². The number of nitrogens with one attached hydrogen (secondary N) is 1. The normalized spacial score (nSPS) is 11.3. The fourth-order valence-electron chi connectivity index (χ4n) is 1.54. The van der Waals surface area contributed by atoms with E-state index in [1.54, 1.807) is 25.1 Å². The lowest BCUT2D eigenvalue weighted by molar-refractivity contribution is 0.102. The molecule has 2 aromatic rings. The molecule has 0 radical (unpaired) electrons. The maximum atomic E-state index is 12.1. The first kappa shape index (κ1) is 13.7. The monoisotopic (exact) mass is 296 g/mol. The molecule has 0 amide bonds. The summed E-state index contributed by atoms with van der Waals surface area (Å²) < 4.78 is 26.5. The zero-order valence-electron chi connectivity index (χ0n) is 10.4. The van der Waals surface area contributed by atoms with Crippen molar-refractivity contribution in [2.45, 2.75) is 18.7 Å². The van der Waals surface area contributed by atoms with E-state index in [4.69, 9.17) is 0 Å². The molecule has 0 aliphatic heterocycles. The number of benzene rings is 1. The predicted molar refractivity (Wildman–Crippen MR) is 74.1 cm³/mol. The molecule has 19 heavy (non-hydrogen) atoms. The number of aryl methyl sites for hydroxylation is 1. The van der Waals surface area contributed by atoms with Crippen molar-refractivity contribution in [3.63, 3.8) is 0 Å². The van der Waals surface area contributed by atoms with Crippen LogP contribution in [0.1, 0.15) is 22.3 Å². The molecule has 1 heterocycles. The summed E-state index contributed by atoms with van der Waals surface area (Å²) in [7, 11) is -3.66. The van der Waals surface area contributed by atoms with Gasteiger partial charge in [-0.1, -0.05) is 29.5 Å². The van der Waals surface area contributed by atoms with E-state index in [1.165, 1.54) is 19.1 Å². The van der Waals surface area contributed by atoms with E-state index in [9.17, 15) is 13.2 Å². The third kappa shape index (κ3) is 2.99. The molecule has 1 N–H and O–H groups in total. The average molecular weight is 296 g/mol. The molecule has 0 spiro atoms. The average Bonchev–Trinajstić information content (AvgIpc) is 2.71. The van der Waals surface area contributed by atoms with Crippen molar-refractivity contribution in [2.24, 2.45) is 0 Å². The van der Waals surface area contributed by atoms with Crippen LogP contribution in [0.2, 0.25) is 0 Å². The number of aromatic nitrogens is 1. The van der Waals surface area contributed by atoms with E-state index in [0.717, 1.165) is 11.3 Å². The van der Waals surface area contributed by atoms with Gasteiger partial charge in [0, 0.05) is 6.92 Å². The van der Waals surface area contributed by atoms with Gasteiger partial charge in [0.15, 0.2) is 10.9 Å². The van der Waals surface area contributed by atoms with Gasteiger partial charge in [-0.15, -0.1) is 0 Å². The van der Waals surface area contributed by atoms with Gasteiger partial charge >= 0.3 is 0 Å². The van der Waals surface area contributed by atoms with Gasteiger partial charge in [0.25, 0.3) is 10.0 Å². The molecule has 0 aliphatic rings. The molecule has 0 bridgehead atoms. The van der Waals surface area contributed by atoms with Gasteiger partial charge in [-0.3, -0.25) is 9.52 Å². The Morgan fingerprint density at radius 2 is 1.89 bits per heavy atom. The maximum Gasteiger partial charge on any atom is 0.263 e. The van der Waals surface area contributed by atoms with Crippen LogP contribution in [0.3, 0.4) is 0 Å². The van der Waals surface area contributed by atoms with Crippen molar-refractivity contribution in [3.8, 4) is 0 Å². The number of carbonyl (C=O) groups excluding carboxylic acids is 1. The van der Waals surface area contributed by atoms with Gasteiger partial charge in [0.2, 0.25) is 0 Å². The summed E-state index contributed by atoms with van der Waals surface area (Å²) in [4.78, 5) is 16.0. The lowest BCUT2D eigenvalue weighted by Crippen LogP contribution is -2.12. The van der Waals surface area contributed by atoms with Gasteiger partial charge in [-0.2, -0.15) is 0 Å². The highest BCUT2D eigenvalue weighted by Gasteiger charge is 2.18. The first-order chi connectivity index (χ1) is 8.90. The topological polar surface area (TPSA) is 76.1 Å². The zero-order chi connectivity index (χ0) is 14.0. The number of hydrogen-bond acceptors (Lipinski definition) is 5. The number of nitrogens with zero attached hydrogens (tertiary/aromatic N) is 1. The van der Waals surface area contributed by atoms with Crippen LogP contribution in [0.5, 0.6) is 0 Å². The standard InChI is InChI=1S/C12H12N2O3S2/c1-8-11(9(2)15)18-12(13-8)14-19(16,17)10-6-4-3-5-7-10/h3-7H,1-2H3,(H,13,14). The summed E-state index contributed by atoms with van der Waals surface area (Å²) in [6.07, 6.45) is 0. The van der Waals surface area contributed by atoms with Crippen LogP contribution >= 0.6 is 11.3 Å². The zero-order valence-corrected chi connectivity index (χ0v) is 12.0. The lowest BCUT2D eigenvalue weighted by Gasteiger charge is -2.04. The smallest absolute Gasteiger partial charge is 0.263 e. The van der Waals surface area contributed by atoms with Gasteiger partial charge in [0.1, 0.15) is 0 Å². The second-order valence-corrected chi connectivity index (χ2v) is 6.59. The van der Waals surface area contributed by atoms with Gasteiger partial charge < -0.3 is 0 Å². The molecule has 0 unspecified atom stereocenters. The fraction of sp³-hybridized carbons (Fsp3) is 0.167. The minimum Gasteiger partial charge on any atom is -0.294 e. The molecule has 1 aromatic carbocycles. The molecular weight excluding hydrogens is 284 g/mol. The number of Topliss-reactive ketones (excluding diaryl/α,β-unsaturated/α-hetero) is 1. The number of hydrogen-bond donors (Lipinski definition) is 1. The van der Waals surface area contributed by atoms with Crippen molar-refractivity contribution in [2.75, 3.05) is 4.72 Å². The number of sulfonamides is 1. The minimum atomic E-state index is -3.66. The second kappa shape index (κ2) is 5.10. The molecule has 0 saturated carbocycles. The van der Waals surface area contributed by atoms with E-state index in [0.29, 0.717) is 10.6 Å². The van der Waals surface area contributed by atoms with Crippen LogP contribution in [0.25, 0.3) is 0 Å². The maximum absolute atomic E-state index is 12.1. The molecule has 7 heteroatoms. The molecule has 2 rings (SSSR count). The molecular formula is C12H12N2O3S2. The van der Waals surface area contributed by atoms with Crippen LogP contribution < -0.4 is 4.72 Å². The van der Waals surface area contributed by atoms with Crippen LogP contribution in [0.15, 0.2) is 35.2 Å². The summed E-state index contributed by atoms with van der Waals surface area (Å²) in [6.45, 7) is 3.10. The van der Waals surface area contributed by atoms with Gasteiger partial charge in [-0.05, 0) is 19.1 Å². The number of thiazole rings is 1. The van der Waals surface area contributed by atoms with E-state index in [1.807, 2.05) is 0 Å². The van der Waals surface area contributed by atoms with Crippen molar-refractivity contribution in [3.05, 3.63) is 40.9 Å². The van der Waals surface area contributed by atoms with Crippen LogP contribution in [0, 0.1) is 6.92 Å². The summed E-state index contributed by atoms with van der Waals surface area (Å²) in [5.74, 6) is -0.125. The van der Waals surface area contributed by atoms with Crippen LogP contribution in [0.4, 0.5) is 5.13 Å². The van der Waals surface area contributed by atoms with Crippen molar-refractivity contribution in [1.29, 1.82) is 0 Å². The van der Waals surface area contributed by atoms with Crippen molar-refractivity contribution < 1.29 is 13.2 Å². The summed E-state index contributed by atoms with van der Waals surface area (Å²) in [6, 6.07) is 8.01. The molecule has 0 atom stereocenters. The Kier molecular flexibility index (Phi) is 3.68. The Bertz CT molecular complexity index is 706. The molecule has 0 fully saturated rings. The number of anilines is 1. The third-order valence-corrected chi connectivity index (χ3v) is 5.05. The summed E-state index contributed by atoms with van der Waals surface area (Å²) >= 11 is 1.04. The highest BCUT2D eigenvalue weighted by Crippen LogP contribution is 2.25. The Hall–Kier alpha value is -1.73. The number of carbonyl (C=O) groups is 1. The number of ketones is 1. The quantitative estimate of drug-likeness (QED) is 0.879. The van der Waals surface area contributed by atoms with Crippen LogP contribution in [-0.2, 0) is 10.0 Å². The highest BCUT2D eigenvalue weighted by molar-refractivity contribution is 7.93. The molecule has 100 valence electrons. The Labute approximate surface area is 115 Å². The molecule has 1 aromatic heterocycles. The molecule has 0 aliphatic carbocycles. The van der Waals surface area contributed by atoms with Gasteiger partial charge in [0.05, 0.1) is 15.5 Å². The SMILES string of the molecule is CC(=O)c1sc(NS(=O)(=O)c2ccccc2)nc1C. The molecule has 5 nitrogen and oxygen atoms in total. The van der Waals surface area contributed by atoms with Crippen LogP contribution in [-0.4, -0.2) is 19.2 Å². The third-order valence-electron chi connectivity index (χ3n) is 2.39. The van der Waals surface area contributed by atoms with E-state index in [2.05, 4.69) is 9.71 Å². The van der Waals surface area contributed by atoms with E-state index >= 15 is 0 Å². The summed E-state index contributed by atoms with van der Waals surface area (Å²) in [5, 5.41) is 0.201. The second-order valence-electron chi connectivity index (χ2n) is 3.91. The first-order valence-corrected chi connectivity index (χ1v) is 7.76. The number of rotatable bonds is 4. The Balaban J connectivity index is 2.31. The van der Waals surface area contributed by atoms with Gasteiger partial charge in [-0.25, -0.2) is 13.4 Å². The predicted octanol–water partition coefficient (Wildman–Crippen LogP) is 2.45. The van der Waals surface area contributed by atoms with E-state index in [-0.39, 0.29) is 15.8 Å². The summed E-state index contributed by atoms with van der Waals surface area (Å²) in [5.41, 5.74) is 0.531. The highest BCUT2D eigenvalue weighted by atomic mass is 32.2. The van der Waals surface area contributed by atoms with Crippen molar-refractivity contribution in [1.82, 2.24) is 4.98 Å².